The second-order valence-electron chi connectivity index (χ2n) is 4.86. The van der Waals surface area contributed by atoms with E-state index in [1.54, 1.807) is 12.1 Å². The standard InChI is InChI=1S/C16H17BrFNO/c1-11(9-12-5-7-14(17)8-6-12)19-10-13-3-2-4-15(18)16(13)20/h2-8,11,19-20H,9-10H2,1H3. The lowest BCUT2D eigenvalue weighted by molar-refractivity contribution is 0.420. The van der Waals surface area contributed by atoms with Gasteiger partial charge in [-0.3, -0.25) is 0 Å². The molecule has 106 valence electrons. The van der Waals surface area contributed by atoms with Crippen LogP contribution in [0, 0.1) is 5.82 Å². The number of benzene rings is 2. The van der Waals surface area contributed by atoms with E-state index >= 15 is 0 Å². The molecule has 0 saturated carbocycles. The molecule has 0 aliphatic rings. The predicted octanol–water partition coefficient (Wildman–Crippen LogP) is 4.01. The molecule has 2 aromatic carbocycles. The lowest BCUT2D eigenvalue weighted by Crippen LogP contribution is -2.27. The highest BCUT2D eigenvalue weighted by Gasteiger charge is 2.08. The molecule has 0 amide bonds. The Bertz CT molecular complexity index is 571. The van der Waals surface area contributed by atoms with Crippen molar-refractivity contribution in [2.75, 3.05) is 0 Å². The van der Waals surface area contributed by atoms with Crippen molar-refractivity contribution in [3.8, 4) is 5.75 Å². The molecule has 2 rings (SSSR count). The molecule has 0 saturated heterocycles. The molecule has 0 aliphatic heterocycles. The van der Waals surface area contributed by atoms with Crippen LogP contribution >= 0.6 is 15.9 Å². The minimum Gasteiger partial charge on any atom is -0.505 e. The monoisotopic (exact) mass is 337 g/mol. The molecule has 4 heteroatoms. The van der Waals surface area contributed by atoms with Crippen LogP contribution in [0.25, 0.3) is 0 Å². The van der Waals surface area contributed by atoms with E-state index in [9.17, 15) is 9.50 Å². The van der Waals surface area contributed by atoms with Gasteiger partial charge >= 0.3 is 0 Å². The number of nitrogens with one attached hydrogen (secondary N) is 1. The highest BCUT2D eigenvalue weighted by molar-refractivity contribution is 9.10. The molecule has 20 heavy (non-hydrogen) atoms. The van der Waals surface area contributed by atoms with Gasteiger partial charge in [-0.1, -0.05) is 40.2 Å². The number of aromatic hydroxyl groups is 1. The molecule has 2 aromatic rings. The summed E-state index contributed by atoms with van der Waals surface area (Å²) in [7, 11) is 0. The van der Waals surface area contributed by atoms with Crippen LogP contribution in [0.2, 0.25) is 0 Å². The maximum absolute atomic E-state index is 13.2. The molecule has 2 N–H and O–H groups in total. The third kappa shape index (κ3) is 4.05. The SMILES string of the molecule is CC(Cc1ccc(Br)cc1)NCc1cccc(F)c1O. The Morgan fingerprint density at radius 2 is 1.90 bits per heavy atom. The van der Waals surface area contributed by atoms with E-state index in [1.807, 2.05) is 12.1 Å². The van der Waals surface area contributed by atoms with E-state index in [1.165, 1.54) is 11.6 Å². The largest absolute Gasteiger partial charge is 0.505 e. The number of phenols is 1. The fourth-order valence-corrected chi connectivity index (χ4v) is 2.30. The van der Waals surface area contributed by atoms with Gasteiger partial charge in [0.15, 0.2) is 11.6 Å². The van der Waals surface area contributed by atoms with Gasteiger partial charge in [0.1, 0.15) is 0 Å². The van der Waals surface area contributed by atoms with Crippen molar-refractivity contribution >= 4 is 15.9 Å². The highest BCUT2D eigenvalue weighted by Crippen LogP contribution is 2.20. The van der Waals surface area contributed by atoms with Gasteiger partial charge in [0.25, 0.3) is 0 Å². The molecule has 0 radical (unpaired) electrons. The van der Waals surface area contributed by atoms with Crippen LogP contribution in [-0.4, -0.2) is 11.1 Å². The highest BCUT2D eigenvalue weighted by atomic mass is 79.9. The quantitative estimate of drug-likeness (QED) is 0.863. The zero-order valence-corrected chi connectivity index (χ0v) is 12.8. The van der Waals surface area contributed by atoms with Crippen molar-refractivity contribution in [1.29, 1.82) is 0 Å². The fourth-order valence-electron chi connectivity index (χ4n) is 2.03. The topological polar surface area (TPSA) is 32.3 Å². The minimum absolute atomic E-state index is 0.235. The summed E-state index contributed by atoms with van der Waals surface area (Å²) < 4.78 is 14.3. The number of phenolic OH excluding ortho intramolecular Hbond substituents is 1. The van der Waals surface area contributed by atoms with Gasteiger partial charge in [0.2, 0.25) is 0 Å². The number of para-hydroxylation sites is 1. The summed E-state index contributed by atoms with van der Waals surface area (Å²) in [6, 6.07) is 13.0. The third-order valence-corrected chi connectivity index (χ3v) is 3.70. The van der Waals surface area contributed by atoms with Crippen molar-refractivity contribution in [2.45, 2.75) is 25.9 Å². The van der Waals surface area contributed by atoms with Gasteiger partial charge in [-0.05, 0) is 37.1 Å². The van der Waals surface area contributed by atoms with Crippen LogP contribution in [0.15, 0.2) is 46.9 Å². The second kappa shape index (κ2) is 6.86. The van der Waals surface area contributed by atoms with Crippen molar-refractivity contribution in [1.82, 2.24) is 5.32 Å². The first-order valence-electron chi connectivity index (χ1n) is 6.50. The molecular formula is C16H17BrFNO. The van der Waals surface area contributed by atoms with E-state index < -0.39 is 5.82 Å². The average Bonchev–Trinajstić information content (AvgIpc) is 2.43. The van der Waals surface area contributed by atoms with E-state index in [-0.39, 0.29) is 11.8 Å². The normalized spacial score (nSPS) is 12.3. The number of hydrogen-bond acceptors (Lipinski definition) is 2. The molecule has 0 aromatic heterocycles. The molecule has 2 nitrogen and oxygen atoms in total. The zero-order chi connectivity index (χ0) is 14.5. The van der Waals surface area contributed by atoms with Gasteiger partial charge in [-0.2, -0.15) is 0 Å². The Morgan fingerprint density at radius 3 is 2.60 bits per heavy atom. The Kier molecular flexibility index (Phi) is 5.15. The summed E-state index contributed by atoms with van der Waals surface area (Å²) in [6.07, 6.45) is 0.878. The molecule has 1 unspecified atom stereocenters. The van der Waals surface area contributed by atoms with Crippen molar-refractivity contribution in [2.24, 2.45) is 0 Å². The van der Waals surface area contributed by atoms with E-state index in [0.717, 1.165) is 10.9 Å². The first kappa shape index (κ1) is 15.0. The third-order valence-electron chi connectivity index (χ3n) is 3.17. The molecule has 0 aliphatic carbocycles. The van der Waals surface area contributed by atoms with Gasteiger partial charge in [0.05, 0.1) is 0 Å². The average molecular weight is 338 g/mol. The van der Waals surface area contributed by atoms with Gasteiger partial charge in [0, 0.05) is 22.6 Å². The lowest BCUT2D eigenvalue weighted by atomic mass is 10.1. The molecule has 0 heterocycles. The summed E-state index contributed by atoms with van der Waals surface area (Å²) in [4.78, 5) is 0. The molecule has 0 bridgehead atoms. The number of halogens is 2. The maximum Gasteiger partial charge on any atom is 0.165 e. The van der Waals surface area contributed by atoms with Gasteiger partial charge in [-0.15, -0.1) is 0 Å². The first-order valence-corrected chi connectivity index (χ1v) is 7.29. The van der Waals surface area contributed by atoms with Crippen molar-refractivity contribution in [3.63, 3.8) is 0 Å². The minimum atomic E-state index is -0.579. The van der Waals surface area contributed by atoms with Crippen LogP contribution in [0.3, 0.4) is 0 Å². The number of hydrogen-bond donors (Lipinski definition) is 2. The lowest BCUT2D eigenvalue weighted by Gasteiger charge is -2.15. The summed E-state index contributed by atoms with van der Waals surface area (Å²) in [6.45, 7) is 2.51. The zero-order valence-electron chi connectivity index (χ0n) is 11.2. The van der Waals surface area contributed by atoms with E-state index in [2.05, 4.69) is 40.3 Å². The van der Waals surface area contributed by atoms with Crippen LogP contribution in [0.4, 0.5) is 4.39 Å². The van der Waals surface area contributed by atoms with Gasteiger partial charge < -0.3 is 10.4 Å². The predicted molar refractivity (Wildman–Crippen MR) is 82.2 cm³/mol. The molecule has 0 fully saturated rings. The van der Waals surface area contributed by atoms with E-state index in [0.29, 0.717) is 12.1 Å². The first-order chi connectivity index (χ1) is 9.56. The summed E-state index contributed by atoms with van der Waals surface area (Å²) >= 11 is 3.41. The molecule has 1 atom stereocenters. The summed E-state index contributed by atoms with van der Waals surface area (Å²) in [5.41, 5.74) is 1.81. The Labute approximate surface area is 126 Å². The van der Waals surface area contributed by atoms with Gasteiger partial charge in [-0.25, -0.2) is 4.39 Å². The van der Waals surface area contributed by atoms with Crippen LogP contribution in [0.5, 0.6) is 5.75 Å². The Balaban J connectivity index is 1.90. The Morgan fingerprint density at radius 1 is 1.20 bits per heavy atom. The Hall–Kier alpha value is -1.39. The second-order valence-corrected chi connectivity index (χ2v) is 5.78. The van der Waals surface area contributed by atoms with Crippen LogP contribution in [0.1, 0.15) is 18.1 Å². The molecular weight excluding hydrogens is 321 g/mol. The fraction of sp³-hybridized carbons (Fsp3) is 0.250. The summed E-state index contributed by atoms with van der Waals surface area (Å²) in [5, 5.41) is 12.9. The smallest absolute Gasteiger partial charge is 0.165 e. The van der Waals surface area contributed by atoms with Crippen LogP contribution < -0.4 is 5.32 Å². The number of rotatable bonds is 5. The van der Waals surface area contributed by atoms with Crippen molar-refractivity contribution < 1.29 is 9.50 Å². The summed E-state index contributed by atoms with van der Waals surface area (Å²) in [5.74, 6) is -0.847. The van der Waals surface area contributed by atoms with E-state index in [4.69, 9.17) is 0 Å². The molecule has 0 spiro atoms. The van der Waals surface area contributed by atoms with Crippen molar-refractivity contribution in [3.05, 3.63) is 63.9 Å². The van der Waals surface area contributed by atoms with Crippen LogP contribution in [-0.2, 0) is 13.0 Å². The maximum atomic E-state index is 13.2.